The van der Waals surface area contributed by atoms with Gasteiger partial charge in [-0.1, -0.05) is 42.5 Å². The van der Waals surface area contributed by atoms with Crippen LogP contribution >= 0.6 is 0 Å². The lowest BCUT2D eigenvalue weighted by Crippen LogP contribution is -2.27. The molecule has 0 aromatic heterocycles. The van der Waals surface area contributed by atoms with Crippen molar-refractivity contribution in [3.05, 3.63) is 48.0 Å². The van der Waals surface area contributed by atoms with Crippen molar-refractivity contribution in [2.24, 2.45) is 11.8 Å². The van der Waals surface area contributed by atoms with Gasteiger partial charge in [-0.15, -0.1) is 0 Å². The standard InChI is InChI=1S/C19H28O5/c20-12-15(22)10-17-16(18(23)11-19(17)24)9-8-14(21)7-6-13-4-2-1-3-5-13/h1-5,8-9,14-24H,6-7,10-12H2/b9-8+/t14-,15?,16+,17+,18+,19-/m0/s1. The van der Waals surface area contributed by atoms with E-state index in [0.29, 0.717) is 6.42 Å². The molecule has 0 radical (unpaired) electrons. The van der Waals surface area contributed by atoms with Gasteiger partial charge < -0.3 is 25.5 Å². The first kappa shape index (κ1) is 19.1. The third-order valence-electron chi connectivity index (χ3n) is 4.80. The first-order chi connectivity index (χ1) is 11.5. The van der Waals surface area contributed by atoms with Crippen LogP contribution in [0.4, 0.5) is 0 Å². The van der Waals surface area contributed by atoms with Crippen LogP contribution in [0.3, 0.4) is 0 Å². The van der Waals surface area contributed by atoms with Crippen molar-refractivity contribution in [3.8, 4) is 0 Å². The molecule has 1 aliphatic rings. The molecule has 1 fully saturated rings. The lowest BCUT2D eigenvalue weighted by Gasteiger charge is -2.23. The maximum Gasteiger partial charge on any atom is 0.0774 e. The van der Waals surface area contributed by atoms with Gasteiger partial charge in [-0.25, -0.2) is 0 Å². The van der Waals surface area contributed by atoms with Gasteiger partial charge in [0.2, 0.25) is 0 Å². The Bertz CT molecular complexity index is 504. The summed E-state index contributed by atoms with van der Waals surface area (Å²) in [5, 5.41) is 48.8. The van der Waals surface area contributed by atoms with E-state index in [1.54, 1.807) is 12.2 Å². The largest absolute Gasteiger partial charge is 0.394 e. The fourth-order valence-electron chi connectivity index (χ4n) is 3.41. The fraction of sp³-hybridized carbons (Fsp3) is 0.579. The molecule has 1 aromatic carbocycles. The zero-order valence-electron chi connectivity index (χ0n) is 13.8. The molecule has 2 rings (SSSR count). The van der Waals surface area contributed by atoms with Crippen LogP contribution in [0.2, 0.25) is 0 Å². The minimum Gasteiger partial charge on any atom is -0.394 e. The fourth-order valence-corrected chi connectivity index (χ4v) is 3.41. The average Bonchev–Trinajstić information content (AvgIpc) is 2.85. The molecule has 1 unspecified atom stereocenters. The first-order valence-corrected chi connectivity index (χ1v) is 8.56. The Hall–Kier alpha value is -1.24. The number of aryl methyl sites for hydroxylation is 1. The molecular formula is C19H28O5. The normalized spacial score (nSPS) is 29.9. The molecule has 0 aliphatic heterocycles. The third kappa shape index (κ3) is 5.40. The highest BCUT2D eigenvalue weighted by Crippen LogP contribution is 2.36. The minimum absolute atomic E-state index is 0.226. The topological polar surface area (TPSA) is 101 Å². The number of hydrogen-bond acceptors (Lipinski definition) is 5. The van der Waals surface area contributed by atoms with E-state index in [1.807, 2.05) is 30.3 Å². The number of hydrogen-bond donors (Lipinski definition) is 5. The monoisotopic (exact) mass is 336 g/mol. The molecule has 134 valence electrons. The smallest absolute Gasteiger partial charge is 0.0774 e. The van der Waals surface area contributed by atoms with Gasteiger partial charge in [0.05, 0.1) is 31.0 Å². The van der Waals surface area contributed by atoms with Crippen molar-refractivity contribution in [3.63, 3.8) is 0 Å². The summed E-state index contributed by atoms with van der Waals surface area (Å²) in [6, 6.07) is 9.91. The van der Waals surface area contributed by atoms with Crippen molar-refractivity contribution in [2.45, 2.75) is 50.1 Å². The van der Waals surface area contributed by atoms with Crippen molar-refractivity contribution >= 4 is 0 Å². The first-order valence-electron chi connectivity index (χ1n) is 8.56. The maximum atomic E-state index is 10.1. The second-order valence-electron chi connectivity index (χ2n) is 6.66. The van der Waals surface area contributed by atoms with Crippen LogP contribution in [0.1, 0.15) is 24.8 Å². The summed E-state index contributed by atoms with van der Waals surface area (Å²) in [6.45, 7) is -0.366. The predicted molar refractivity (Wildman–Crippen MR) is 91.2 cm³/mol. The highest BCUT2D eigenvalue weighted by Gasteiger charge is 2.40. The lowest BCUT2D eigenvalue weighted by atomic mass is 9.88. The zero-order chi connectivity index (χ0) is 17.5. The molecule has 0 spiro atoms. The predicted octanol–water partition coefficient (Wildman–Crippen LogP) is 0.637. The second kappa shape index (κ2) is 9.30. The average molecular weight is 336 g/mol. The van der Waals surface area contributed by atoms with Crippen LogP contribution in [0.5, 0.6) is 0 Å². The summed E-state index contributed by atoms with van der Waals surface area (Å²) < 4.78 is 0. The molecule has 0 amide bonds. The summed E-state index contributed by atoms with van der Waals surface area (Å²) in [5.74, 6) is -0.646. The number of benzene rings is 1. The molecule has 1 saturated carbocycles. The molecule has 6 atom stereocenters. The maximum absolute atomic E-state index is 10.1. The van der Waals surface area contributed by atoms with Gasteiger partial charge in [0.25, 0.3) is 0 Å². The van der Waals surface area contributed by atoms with Gasteiger partial charge in [0.1, 0.15) is 0 Å². The van der Waals surface area contributed by atoms with E-state index in [2.05, 4.69) is 0 Å². The molecule has 1 aromatic rings. The third-order valence-corrected chi connectivity index (χ3v) is 4.80. The highest BCUT2D eigenvalue weighted by molar-refractivity contribution is 5.15. The number of rotatable bonds is 8. The Labute approximate surface area is 142 Å². The van der Waals surface area contributed by atoms with Crippen LogP contribution in [-0.2, 0) is 6.42 Å². The van der Waals surface area contributed by atoms with E-state index < -0.39 is 24.4 Å². The molecule has 0 saturated heterocycles. The van der Waals surface area contributed by atoms with Crippen LogP contribution in [0, 0.1) is 11.8 Å². The van der Waals surface area contributed by atoms with E-state index in [0.717, 1.165) is 12.0 Å². The quantitative estimate of drug-likeness (QED) is 0.449. The highest BCUT2D eigenvalue weighted by atomic mass is 16.3. The Morgan fingerprint density at radius 1 is 1.08 bits per heavy atom. The molecule has 5 nitrogen and oxygen atoms in total. The van der Waals surface area contributed by atoms with E-state index in [4.69, 9.17) is 5.11 Å². The van der Waals surface area contributed by atoms with E-state index in [1.165, 1.54) is 0 Å². The molecule has 0 heterocycles. The van der Waals surface area contributed by atoms with Gasteiger partial charge in [-0.2, -0.15) is 0 Å². The summed E-state index contributed by atoms with van der Waals surface area (Å²) >= 11 is 0. The second-order valence-corrected chi connectivity index (χ2v) is 6.66. The zero-order valence-corrected chi connectivity index (χ0v) is 13.8. The van der Waals surface area contributed by atoms with Gasteiger partial charge in [0, 0.05) is 12.3 Å². The van der Waals surface area contributed by atoms with Gasteiger partial charge in [-0.3, -0.25) is 0 Å². The van der Waals surface area contributed by atoms with Crippen LogP contribution < -0.4 is 0 Å². The summed E-state index contributed by atoms with van der Waals surface area (Å²) in [5.41, 5.74) is 1.16. The summed E-state index contributed by atoms with van der Waals surface area (Å²) in [6.07, 6.45) is 2.27. The SMILES string of the molecule is OCC(O)C[C@@H]1[C@@H](/C=C/[C@@H](O)CCc2ccccc2)[C@H](O)C[C@@H]1O. The molecular weight excluding hydrogens is 308 g/mol. The Balaban J connectivity index is 1.89. The van der Waals surface area contributed by atoms with E-state index >= 15 is 0 Å². The number of aliphatic hydroxyl groups excluding tert-OH is 5. The van der Waals surface area contributed by atoms with Gasteiger partial charge in [-0.05, 0) is 30.7 Å². The van der Waals surface area contributed by atoms with Crippen LogP contribution in [-0.4, -0.2) is 56.6 Å². The summed E-state index contributed by atoms with van der Waals surface area (Å²) in [7, 11) is 0. The van der Waals surface area contributed by atoms with Gasteiger partial charge >= 0.3 is 0 Å². The van der Waals surface area contributed by atoms with Crippen LogP contribution in [0.15, 0.2) is 42.5 Å². The number of aliphatic hydroxyl groups is 5. The Morgan fingerprint density at radius 3 is 2.46 bits per heavy atom. The van der Waals surface area contributed by atoms with Crippen molar-refractivity contribution < 1.29 is 25.5 Å². The van der Waals surface area contributed by atoms with E-state index in [-0.39, 0.29) is 31.3 Å². The Kier molecular flexibility index (Phi) is 7.40. The van der Waals surface area contributed by atoms with Crippen LogP contribution in [0.25, 0.3) is 0 Å². The lowest BCUT2D eigenvalue weighted by molar-refractivity contribution is 0.0384. The summed E-state index contributed by atoms with van der Waals surface area (Å²) in [4.78, 5) is 0. The van der Waals surface area contributed by atoms with Gasteiger partial charge in [0.15, 0.2) is 0 Å². The van der Waals surface area contributed by atoms with Crippen molar-refractivity contribution in [2.75, 3.05) is 6.61 Å². The molecule has 24 heavy (non-hydrogen) atoms. The minimum atomic E-state index is -0.908. The molecule has 0 bridgehead atoms. The molecule has 5 heteroatoms. The molecule has 1 aliphatic carbocycles. The molecule has 5 N–H and O–H groups in total. The Morgan fingerprint density at radius 2 is 1.79 bits per heavy atom. The van der Waals surface area contributed by atoms with E-state index in [9.17, 15) is 20.4 Å². The van der Waals surface area contributed by atoms with Crippen molar-refractivity contribution in [1.29, 1.82) is 0 Å². The van der Waals surface area contributed by atoms with Crippen molar-refractivity contribution in [1.82, 2.24) is 0 Å².